The highest BCUT2D eigenvalue weighted by atomic mass is 16.2. The number of rotatable bonds is 7. The average molecular weight is 297 g/mol. The molecule has 2 amide bonds. The standard InChI is InChI=1S/C16H31N3O2/c1-14(2)16(21)19-12-10-18(11-13-19)15(20)8-6-5-7-9-17(3)4/h14H,5-13H2,1-4H3. The molecule has 1 rings (SSSR count). The third kappa shape index (κ3) is 6.46. The third-order valence-electron chi connectivity index (χ3n) is 3.93. The van der Waals surface area contributed by atoms with Crippen LogP contribution in [0.1, 0.15) is 39.5 Å². The highest BCUT2D eigenvalue weighted by molar-refractivity contribution is 5.79. The van der Waals surface area contributed by atoms with E-state index in [9.17, 15) is 9.59 Å². The first kappa shape index (κ1) is 18.0. The summed E-state index contributed by atoms with van der Waals surface area (Å²) < 4.78 is 0. The molecule has 21 heavy (non-hydrogen) atoms. The van der Waals surface area contributed by atoms with Gasteiger partial charge in [0.1, 0.15) is 0 Å². The van der Waals surface area contributed by atoms with Crippen LogP contribution in [-0.2, 0) is 9.59 Å². The minimum absolute atomic E-state index is 0.0453. The Morgan fingerprint density at radius 2 is 1.52 bits per heavy atom. The van der Waals surface area contributed by atoms with Crippen molar-refractivity contribution in [3.05, 3.63) is 0 Å². The van der Waals surface area contributed by atoms with Gasteiger partial charge >= 0.3 is 0 Å². The molecule has 0 atom stereocenters. The van der Waals surface area contributed by atoms with Crippen molar-refractivity contribution in [3.8, 4) is 0 Å². The SMILES string of the molecule is CC(C)C(=O)N1CCN(C(=O)CCCCCN(C)C)CC1. The summed E-state index contributed by atoms with van der Waals surface area (Å²) in [6, 6.07) is 0. The predicted octanol–water partition coefficient (Wildman–Crippen LogP) is 1.44. The number of nitrogens with zero attached hydrogens (tertiary/aromatic N) is 3. The quantitative estimate of drug-likeness (QED) is 0.668. The molecule has 1 aliphatic heterocycles. The molecule has 1 saturated heterocycles. The summed E-state index contributed by atoms with van der Waals surface area (Å²) in [5.41, 5.74) is 0. The molecular formula is C16H31N3O2. The van der Waals surface area contributed by atoms with Gasteiger partial charge in [0.15, 0.2) is 0 Å². The lowest BCUT2D eigenvalue weighted by atomic mass is 10.1. The number of amides is 2. The zero-order chi connectivity index (χ0) is 15.8. The molecule has 0 aromatic rings. The van der Waals surface area contributed by atoms with Gasteiger partial charge in [0, 0.05) is 38.5 Å². The van der Waals surface area contributed by atoms with Gasteiger partial charge in [0.05, 0.1) is 0 Å². The fourth-order valence-corrected chi connectivity index (χ4v) is 2.58. The first-order chi connectivity index (χ1) is 9.91. The number of unbranched alkanes of at least 4 members (excludes halogenated alkanes) is 2. The van der Waals surface area contributed by atoms with Crippen LogP contribution in [0.25, 0.3) is 0 Å². The minimum atomic E-state index is 0.0453. The zero-order valence-corrected chi connectivity index (χ0v) is 14.1. The van der Waals surface area contributed by atoms with E-state index in [2.05, 4.69) is 19.0 Å². The molecule has 0 radical (unpaired) electrons. The molecule has 1 aliphatic rings. The van der Waals surface area contributed by atoms with Crippen molar-refractivity contribution in [3.63, 3.8) is 0 Å². The van der Waals surface area contributed by atoms with Crippen molar-refractivity contribution in [2.45, 2.75) is 39.5 Å². The molecular weight excluding hydrogens is 266 g/mol. The second-order valence-electron chi connectivity index (χ2n) is 6.47. The highest BCUT2D eigenvalue weighted by Crippen LogP contribution is 2.10. The lowest BCUT2D eigenvalue weighted by Gasteiger charge is -2.35. The highest BCUT2D eigenvalue weighted by Gasteiger charge is 2.24. The molecule has 1 heterocycles. The molecule has 5 heteroatoms. The lowest BCUT2D eigenvalue weighted by Crippen LogP contribution is -2.51. The monoisotopic (exact) mass is 297 g/mol. The Morgan fingerprint density at radius 1 is 0.952 bits per heavy atom. The van der Waals surface area contributed by atoms with Crippen LogP contribution >= 0.6 is 0 Å². The molecule has 5 nitrogen and oxygen atoms in total. The number of carbonyl (C=O) groups is 2. The zero-order valence-electron chi connectivity index (χ0n) is 14.1. The molecule has 0 saturated carbocycles. The van der Waals surface area contributed by atoms with E-state index >= 15 is 0 Å². The fraction of sp³-hybridized carbons (Fsp3) is 0.875. The van der Waals surface area contributed by atoms with E-state index in [0.717, 1.165) is 25.8 Å². The van der Waals surface area contributed by atoms with Gasteiger partial charge < -0.3 is 14.7 Å². The van der Waals surface area contributed by atoms with Gasteiger partial charge in [-0.05, 0) is 33.5 Å². The Balaban J connectivity index is 2.18. The van der Waals surface area contributed by atoms with E-state index in [0.29, 0.717) is 32.6 Å². The van der Waals surface area contributed by atoms with E-state index in [1.165, 1.54) is 0 Å². The van der Waals surface area contributed by atoms with Crippen molar-refractivity contribution in [2.24, 2.45) is 5.92 Å². The lowest BCUT2D eigenvalue weighted by molar-refractivity contribution is -0.141. The molecule has 0 unspecified atom stereocenters. The van der Waals surface area contributed by atoms with Crippen LogP contribution in [0, 0.1) is 5.92 Å². The summed E-state index contributed by atoms with van der Waals surface area (Å²) >= 11 is 0. The van der Waals surface area contributed by atoms with Gasteiger partial charge in [0.25, 0.3) is 0 Å². The van der Waals surface area contributed by atoms with Crippen LogP contribution in [0.15, 0.2) is 0 Å². The minimum Gasteiger partial charge on any atom is -0.339 e. The molecule has 0 aromatic heterocycles. The van der Waals surface area contributed by atoms with Gasteiger partial charge in [-0.25, -0.2) is 0 Å². The maximum absolute atomic E-state index is 12.1. The van der Waals surface area contributed by atoms with Crippen LogP contribution in [0.2, 0.25) is 0 Å². The first-order valence-electron chi connectivity index (χ1n) is 8.13. The van der Waals surface area contributed by atoms with Crippen molar-refractivity contribution in [1.82, 2.24) is 14.7 Å². The maximum Gasteiger partial charge on any atom is 0.225 e. The number of piperazine rings is 1. The molecule has 0 aromatic carbocycles. The summed E-state index contributed by atoms with van der Waals surface area (Å²) in [4.78, 5) is 30.0. The van der Waals surface area contributed by atoms with E-state index < -0.39 is 0 Å². The van der Waals surface area contributed by atoms with Crippen molar-refractivity contribution in [2.75, 3.05) is 46.8 Å². The summed E-state index contributed by atoms with van der Waals surface area (Å²) in [6.45, 7) is 7.68. The van der Waals surface area contributed by atoms with Gasteiger partial charge in [-0.1, -0.05) is 20.3 Å². The number of hydrogen-bond donors (Lipinski definition) is 0. The van der Waals surface area contributed by atoms with Gasteiger partial charge in [0.2, 0.25) is 11.8 Å². The molecule has 0 bridgehead atoms. The molecule has 0 aliphatic carbocycles. The number of carbonyl (C=O) groups excluding carboxylic acids is 2. The molecule has 0 spiro atoms. The summed E-state index contributed by atoms with van der Waals surface area (Å²) in [5.74, 6) is 0.492. The second-order valence-corrected chi connectivity index (χ2v) is 6.47. The molecule has 0 N–H and O–H groups in total. The van der Waals surface area contributed by atoms with Gasteiger partial charge in [-0.15, -0.1) is 0 Å². The Bertz CT molecular complexity index is 334. The first-order valence-corrected chi connectivity index (χ1v) is 8.13. The van der Waals surface area contributed by atoms with Crippen molar-refractivity contribution in [1.29, 1.82) is 0 Å². The second kappa shape index (κ2) is 9.03. The number of hydrogen-bond acceptors (Lipinski definition) is 3. The summed E-state index contributed by atoms with van der Waals surface area (Å²) in [5, 5.41) is 0. The van der Waals surface area contributed by atoms with Crippen LogP contribution in [0.4, 0.5) is 0 Å². The van der Waals surface area contributed by atoms with Gasteiger partial charge in [-0.3, -0.25) is 9.59 Å². The Morgan fingerprint density at radius 3 is 2.05 bits per heavy atom. The van der Waals surface area contributed by atoms with E-state index in [-0.39, 0.29) is 17.7 Å². The van der Waals surface area contributed by atoms with Crippen LogP contribution < -0.4 is 0 Å². The maximum atomic E-state index is 12.1. The van der Waals surface area contributed by atoms with Crippen LogP contribution in [0.5, 0.6) is 0 Å². The summed E-state index contributed by atoms with van der Waals surface area (Å²) in [6.07, 6.45) is 3.87. The van der Waals surface area contributed by atoms with E-state index in [1.54, 1.807) is 0 Å². The smallest absolute Gasteiger partial charge is 0.225 e. The normalized spacial score (nSPS) is 15.9. The van der Waals surface area contributed by atoms with Crippen LogP contribution in [-0.4, -0.2) is 73.3 Å². The Hall–Kier alpha value is -1.10. The molecule has 1 fully saturated rings. The third-order valence-corrected chi connectivity index (χ3v) is 3.93. The molecule has 122 valence electrons. The summed E-state index contributed by atoms with van der Waals surface area (Å²) in [7, 11) is 4.15. The van der Waals surface area contributed by atoms with Gasteiger partial charge in [-0.2, -0.15) is 0 Å². The topological polar surface area (TPSA) is 43.9 Å². The van der Waals surface area contributed by atoms with Crippen molar-refractivity contribution >= 4 is 11.8 Å². The Kier molecular flexibility index (Phi) is 7.72. The van der Waals surface area contributed by atoms with Crippen LogP contribution in [0.3, 0.4) is 0 Å². The van der Waals surface area contributed by atoms with E-state index in [1.807, 2.05) is 23.6 Å². The Labute approximate surface area is 129 Å². The predicted molar refractivity (Wildman–Crippen MR) is 85.0 cm³/mol. The van der Waals surface area contributed by atoms with E-state index in [4.69, 9.17) is 0 Å². The average Bonchev–Trinajstić information content (AvgIpc) is 2.45. The fourth-order valence-electron chi connectivity index (χ4n) is 2.58. The largest absolute Gasteiger partial charge is 0.339 e. The van der Waals surface area contributed by atoms with Crippen molar-refractivity contribution < 1.29 is 9.59 Å².